The average molecular weight is 255 g/mol. The van der Waals surface area contributed by atoms with E-state index in [-0.39, 0.29) is 11.9 Å². The molecule has 4 heteroatoms. The van der Waals surface area contributed by atoms with Gasteiger partial charge in [0.05, 0.1) is 11.6 Å². The molecule has 1 unspecified atom stereocenters. The molecule has 1 N–H and O–H groups in total. The molecule has 1 aliphatic rings. The van der Waals surface area contributed by atoms with Crippen molar-refractivity contribution >= 4 is 16.8 Å². The van der Waals surface area contributed by atoms with E-state index in [9.17, 15) is 4.79 Å². The Bertz CT molecular complexity index is 611. The first-order chi connectivity index (χ1) is 9.24. The molecule has 0 aliphatic carbocycles. The van der Waals surface area contributed by atoms with Crippen LogP contribution in [0.4, 0.5) is 0 Å². The molecule has 1 atom stereocenters. The van der Waals surface area contributed by atoms with E-state index in [0.29, 0.717) is 6.54 Å². The molecule has 1 fully saturated rings. The van der Waals surface area contributed by atoms with E-state index < -0.39 is 0 Å². The quantitative estimate of drug-likeness (QED) is 0.885. The fourth-order valence-electron chi connectivity index (χ4n) is 2.49. The van der Waals surface area contributed by atoms with E-state index >= 15 is 0 Å². The summed E-state index contributed by atoms with van der Waals surface area (Å²) in [5.41, 5.74) is 2.15. The summed E-state index contributed by atoms with van der Waals surface area (Å²) < 4.78 is 0. The first kappa shape index (κ1) is 12.1. The average Bonchev–Trinajstić information content (AvgIpc) is 2.44. The number of rotatable bonds is 2. The van der Waals surface area contributed by atoms with Gasteiger partial charge in [0.25, 0.3) is 0 Å². The number of piperazine rings is 1. The van der Waals surface area contributed by atoms with E-state index in [1.165, 1.54) is 0 Å². The third kappa shape index (κ3) is 2.44. The topological polar surface area (TPSA) is 45.2 Å². The highest BCUT2D eigenvalue weighted by Gasteiger charge is 2.24. The van der Waals surface area contributed by atoms with Crippen molar-refractivity contribution in [1.82, 2.24) is 15.2 Å². The second-order valence-corrected chi connectivity index (χ2v) is 4.97. The van der Waals surface area contributed by atoms with Gasteiger partial charge in [-0.2, -0.15) is 0 Å². The number of hydrogen-bond donors (Lipinski definition) is 1. The smallest absolute Gasteiger partial charge is 0.239 e. The van der Waals surface area contributed by atoms with Crippen LogP contribution in [0.25, 0.3) is 10.9 Å². The molecule has 1 aliphatic heterocycles. The monoisotopic (exact) mass is 255 g/mol. The van der Waals surface area contributed by atoms with E-state index in [0.717, 1.165) is 29.6 Å². The van der Waals surface area contributed by atoms with Gasteiger partial charge in [-0.1, -0.05) is 12.1 Å². The summed E-state index contributed by atoms with van der Waals surface area (Å²) >= 11 is 0. The zero-order valence-electron chi connectivity index (χ0n) is 11.0. The van der Waals surface area contributed by atoms with Gasteiger partial charge in [-0.15, -0.1) is 0 Å². The minimum atomic E-state index is -0.0733. The Balaban J connectivity index is 1.83. The van der Waals surface area contributed by atoms with Crippen molar-refractivity contribution < 1.29 is 4.79 Å². The van der Waals surface area contributed by atoms with E-state index in [1.54, 1.807) is 6.20 Å². The number of hydrogen-bond acceptors (Lipinski definition) is 3. The second-order valence-electron chi connectivity index (χ2n) is 4.97. The highest BCUT2D eigenvalue weighted by atomic mass is 16.2. The molecular weight excluding hydrogens is 238 g/mol. The maximum atomic E-state index is 12.0. The lowest BCUT2D eigenvalue weighted by Crippen LogP contribution is -2.53. The maximum Gasteiger partial charge on any atom is 0.239 e. The number of carbonyl (C=O) groups is 1. The van der Waals surface area contributed by atoms with Crippen molar-refractivity contribution in [2.24, 2.45) is 0 Å². The number of amides is 1. The molecule has 98 valence electrons. The predicted molar refractivity (Wildman–Crippen MR) is 74.6 cm³/mol. The van der Waals surface area contributed by atoms with Crippen molar-refractivity contribution in [2.45, 2.75) is 19.5 Å². The third-order valence-corrected chi connectivity index (χ3v) is 3.56. The van der Waals surface area contributed by atoms with E-state index in [1.807, 2.05) is 30.0 Å². The lowest BCUT2D eigenvalue weighted by atomic mass is 10.1. The van der Waals surface area contributed by atoms with Gasteiger partial charge in [0.2, 0.25) is 5.91 Å². The highest BCUT2D eigenvalue weighted by Crippen LogP contribution is 2.15. The number of nitrogens with one attached hydrogen (secondary N) is 1. The molecule has 1 saturated heterocycles. The number of carbonyl (C=O) groups excluding carboxylic acids is 1. The Labute approximate surface area is 112 Å². The van der Waals surface area contributed by atoms with Crippen LogP contribution in [0.3, 0.4) is 0 Å². The molecule has 0 spiro atoms. The molecule has 4 nitrogen and oxygen atoms in total. The lowest BCUT2D eigenvalue weighted by Gasteiger charge is -2.31. The van der Waals surface area contributed by atoms with Crippen LogP contribution in [0, 0.1) is 0 Å². The fourth-order valence-corrected chi connectivity index (χ4v) is 2.49. The molecule has 3 rings (SSSR count). The minimum absolute atomic E-state index is 0.0733. The number of benzene rings is 1. The van der Waals surface area contributed by atoms with Crippen molar-refractivity contribution in [3.05, 3.63) is 42.1 Å². The van der Waals surface area contributed by atoms with Crippen LogP contribution in [0.1, 0.15) is 12.5 Å². The van der Waals surface area contributed by atoms with Gasteiger partial charge in [-0.25, -0.2) is 0 Å². The van der Waals surface area contributed by atoms with Crippen LogP contribution < -0.4 is 5.32 Å². The molecule has 1 aromatic heterocycles. The molecule has 2 heterocycles. The Morgan fingerprint density at radius 1 is 1.42 bits per heavy atom. The summed E-state index contributed by atoms with van der Waals surface area (Å²) in [7, 11) is 0. The second kappa shape index (κ2) is 4.97. The van der Waals surface area contributed by atoms with E-state index in [2.05, 4.69) is 22.4 Å². The van der Waals surface area contributed by atoms with E-state index in [4.69, 9.17) is 0 Å². The first-order valence-electron chi connectivity index (χ1n) is 6.60. The Hall–Kier alpha value is -1.94. The SMILES string of the molecule is CC1NCCN(Cc2ccc3ncccc3c2)C1=O. The molecule has 19 heavy (non-hydrogen) atoms. The molecule has 0 radical (unpaired) electrons. The van der Waals surface area contributed by atoms with Crippen molar-refractivity contribution in [3.63, 3.8) is 0 Å². The fraction of sp³-hybridized carbons (Fsp3) is 0.333. The lowest BCUT2D eigenvalue weighted by molar-refractivity contribution is -0.135. The largest absolute Gasteiger partial charge is 0.336 e. The number of pyridine rings is 1. The molecule has 2 aromatic rings. The van der Waals surface area contributed by atoms with Gasteiger partial charge in [-0.3, -0.25) is 9.78 Å². The number of aromatic nitrogens is 1. The van der Waals surface area contributed by atoms with Crippen LogP contribution in [-0.2, 0) is 11.3 Å². The maximum absolute atomic E-state index is 12.0. The number of fused-ring (bicyclic) bond motifs is 1. The summed E-state index contributed by atoms with van der Waals surface area (Å²) in [4.78, 5) is 18.3. The van der Waals surface area contributed by atoms with Crippen molar-refractivity contribution in [1.29, 1.82) is 0 Å². The molecule has 1 aromatic carbocycles. The normalized spacial score (nSPS) is 19.9. The number of nitrogens with zero attached hydrogens (tertiary/aromatic N) is 2. The third-order valence-electron chi connectivity index (χ3n) is 3.56. The zero-order valence-corrected chi connectivity index (χ0v) is 11.0. The van der Waals surface area contributed by atoms with Gasteiger partial charge in [0, 0.05) is 31.2 Å². The van der Waals surface area contributed by atoms with Gasteiger partial charge in [0.15, 0.2) is 0 Å². The van der Waals surface area contributed by atoms with Crippen LogP contribution in [0.2, 0.25) is 0 Å². The van der Waals surface area contributed by atoms with Gasteiger partial charge in [-0.05, 0) is 30.7 Å². The molecule has 0 bridgehead atoms. The summed E-state index contributed by atoms with van der Waals surface area (Å²) in [6.45, 7) is 4.23. The van der Waals surface area contributed by atoms with Crippen LogP contribution in [0.5, 0.6) is 0 Å². The van der Waals surface area contributed by atoms with Crippen LogP contribution in [0.15, 0.2) is 36.5 Å². The minimum Gasteiger partial charge on any atom is -0.336 e. The summed E-state index contributed by atoms with van der Waals surface area (Å²) in [6, 6.07) is 10.1. The summed E-state index contributed by atoms with van der Waals surface area (Å²) in [5, 5.41) is 4.30. The summed E-state index contributed by atoms with van der Waals surface area (Å²) in [5.74, 6) is 0.178. The van der Waals surface area contributed by atoms with Gasteiger partial charge < -0.3 is 10.2 Å². The Morgan fingerprint density at radius 3 is 3.21 bits per heavy atom. The Morgan fingerprint density at radius 2 is 2.32 bits per heavy atom. The first-order valence-corrected chi connectivity index (χ1v) is 6.60. The van der Waals surface area contributed by atoms with Gasteiger partial charge in [0.1, 0.15) is 0 Å². The Kier molecular flexibility index (Phi) is 3.17. The summed E-state index contributed by atoms with van der Waals surface area (Å²) in [6.07, 6.45) is 1.80. The molecule has 1 amide bonds. The van der Waals surface area contributed by atoms with Crippen molar-refractivity contribution in [3.8, 4) is 0 Å². The molecule has 0 saturated carbocycles. The zero-order chi connectivity index (χ0) is 13.2. The highest BCUT2D eigenvalue weighted by molar-refractivity contribution is 5.82. The van der Waals surface area contributed by atoms with Gasteiger partial charge >= 0.3 is 0 Å². The standard InChI is InChI=1S/C15H17N3O/c1-11-15(19)18(8-7-16-11)10-12-4-5-14-13(9-12)3-2-6-17-14/h2-6,9,11,16H,7-8,10H2,1H3. The van der Waals surface area contributed by atoms with Crippen LogP contribution >= 0.6 is 0 Å². The molecular formula is C15H17N3O. The van der Waals surface area contributed by atoms with Crippen LogP contribution in [-0.4, -0.2) is 34.9 Å². The van der Waals surface area contributed by atoms with Crippen molar-refractivity contribution in [2.75, 3.05) is 13.1 Å². The predicted octanol–water partition coefficient (Wildman–Crippen LogP) is 1.56.